The second-order valence-corrected chi connectivity index (χ2v) is 5.55. The molecule has 98 valence electrons. The quantitative estimate of drug-likeness (QED) is 0.621. The lowest BCUT2D eigenvalue weighted by molar-refractivity contribution is -0.136. The number of hydrogen-bond donors (Lipinski definition) is 1. The number of carboxylic acids is 1. The van der Waals surface area contributed by atoms with Crippen molar-refractivity contribution in [2.24, 2.45) is 0 Å². The lowest BCUT2D eigenvalue weighted by atomic mass is 10.1. The molecule has 0 aliphatic carbocycles. The first-order valence-electron chi connectivity index (χ1n) is 5.21. The highest BCUT2D eigenvalue weighted by atomic mass is 35.5. The van der Waals surface area contributed by atoms with Crippen molar-refractivity contribution in [1.29, 1.82) is 0 Å². The molecule has 1 aromatic carbocycles. The van der Waals surface area contributed by atoms with Gasteiger partial charge in [-0.05, 0) is 0 Å². The number of aliphatic carboxylic acids is 1. The van der Waals surface area contributed by atoms with Crippen LogP contribution >= 0.6 is 35.0 Å². The average molecular weight is 307 g/mol. The van der Waals surface area contributed by atoms with Gasteiger partial charge in [0.1, 0.15) is 10.6 Å². The zero-order chi connectivity index (χ0) is 13.5. The lowest BCUT2D eigenvalue weighted by Gasteiger charge is -2.16. The molecule has 0 fully saturated rings. The molecule has 1 rings (SSSR count). The number of carboxylic acid groups (broad SMARTS) is 1. The van der Waals surface area contributed by atoms with Gasteiger partial charge in [-0.15, -0.1) is 35.0 Å². The minimum absolute atomic E-state index is 0.317. The van der Waals surface area contributed by atoms with E-state index >= 15 is 0 Å². The summed E-state index contributed by atoms with van der Waals surface area (Å²) >= 11 is 12.6. The third-order valence-corrected chi connectivity index (χ3v) is 4.48. The van der Waals surface area contributed by atoms with Crippen LogP contribution in [0.5, 0.6) is 0 Å². The average Bonchev–Trinajstić information content (AvgIpc) is 2.38. The normalized spacial score (nSPS) is 13.9. The molecule has 0 bridgehead atoms. The zero-order valence-electron chi connectivity index (χ0n) is 9.38. The van der Waals surface area contributed by atoms with Gasteiger partial charge in [0.15, 0.2) is 5.78 Å². The lowest BCUT2D eigenvalue weighted by Crippen LogP contribution is -2.34. The molecule has 0 radical (unpaired) electrons. The minimum atomic E-state index is -1.10. The Hall–Kier alpha value is -0.710. The highest BCUT2D eigenvalue weighted by molar-refractivity contribution is 8.00. The van der Waals surface area contributed by atoms with Crippen LogP contribution in [0.3, 0.4) is 0 Å². The van der Waals surface area contributed by atoms with E-state index in [-0.39, 0.29) is 5.78 Å². The molecular formula is C12H12Cl2O3S. The van der Waals surface area contributed by atoms with Gasteiger partial charge in [-0.2, -0.15) is 0 Å². The van der Waals surface area contributed by atoms with Crippen molar-refractivity contribution < 1.29 is 14.7 Å². The van der Waals surface area contributed by atoms with Crippen LogP contribution in [-0.2, 0) is 4.79 Å². The summed E-state index contributed by atoms with van der Waals surface area (Å²) < 4.78 is 0. The van der Waals surface area contributed by atoms with Crippen LogP contribution in [-0.4, -0.2) is 39.1 Å². The first kappa shape index (κ1) is 15.3. The van der Waals surface area contributed by atoms with Crippen molar-refractivity contribution in [2.75, 3.05) is 11.6 Å². The summed E-state index contributed by atoms with van der Waals surface area (Å²) in [5, 5.41) is 6.98. The van der Waals surface area contributed by atoms with Gasteiger partial charge in [-0.1, -0.05) is 30.3 Å². The van der Waals surface area contributed by atoms with Gasteiger partial charge >= 0.3 is 5.97 Å². The fourth-order valence-electron chi connectivity index (χ4n) is 1.35. The fraction of sp³-hybridized carbons (Fsp3) is 0.333. The number of halogens is 2. The maximum Gasteiger partial charge on any atom is 0.318 e. The smallest absolute Gasteiger partial charge is 0.318 e. The van der Waals surface area contributed by atoms with Crippen molar-refractivity contribution >= 4 is 46.7 Å². The van der Waals surface area contributed by atoms with Crippen LogP contribution < -0.4 is 0 Å². The molecule has 6 heteroatoms. The van der Waals surface area contributed by atoms with Crippen molar-refractivity contribution in [3.05, 3.63) is 35.9 Å². The molecule has 18 heavy (non-hydrogen) atoms. The van der Waals surface area contributed by atoms with E-state index in [0.29, 0.717) is 17.2 Å². The van der Waals surface area contributed by atoms with E-state index in [1.54, 1.807) is 30.3 Å². The number of carbonyl (C=O) groups excluding carboxylic acids is 1. The summed E-state index contributed by atoms with van der Waals surface area (Å²) in [4.78, 5) is 23.1. The summed E-state index contributed by atoms with van der Waals surface area (Å²) in [7, 11) is 0. The topological polar surface area (TPSA) is 54.4 Å². The van der Waals surface area contributed by atoms with Crippen molar-refractivity contribution in [2.45, 2.75) is 10.6 Å². The number of rotatable bonds is 7. The Morgan fingerprint density at radius 1 is 1.28 bits per heavy atom. The van der Waals surface area contributed by atoms with Gasteiger partial charge in [0.25, 0.3) is 0 Å². The predicted octanol–water partition coefficient (Wildman–Crippen LogP) is 2.90. The maximum atomic E-state index is 12.0. The fourth-order valence-corrected chi connectivity index (χ4v) is 2.85. The van der Waals surface area contributed by atoms with Crippen molar-refractivity contribution in [1.82, 2.24) is 0 Å². The first-order valence-corrected chi connectivity index (χ1v) is 7.23. The van der Waals surface area contributed by atoms with Gasteiger partial charge in [0.2, 0.25) is 0 Å². The SMILES string of the molecule is O=C(c1ccccc1)C(Cl)C(SCCCl)C(=O)O. The minimum Gasteiger partial charge on any atom is -0.480 e. The van der Waals surface area contributed by atoms with Crippen LogP contribution in [0.4, 0.5) is 0 Å². The Morgan fingerprint density at radius 2 is 1.89 bits per heavy atom. The highest BCUT2D eigenvalue weighted by Gasteiger charge is 2.32. The predicted molar refractivity (Wildman–Crippen MR) is 75.0 cm³/mol. The van der Waals surface area contributed by atoms with Gasteiger partial charge < -0.3 is 5.11 Å². The van der Waals surface area contributed by atoms with E-state index in [4.69, 9.17) is 28.3 Å². The van der Waals surface area contributed by atoms with E-state index < -0.39 is 16.6 Å². The summed E-state index contributed by atoms with van der Waals surface area (Å²) in [5.74, 6) is -0.734. The van der Waals surface area contributed by atoms with Crippen LogP contribution in [0.2, 0.25) is 0 Å². The van der Waals surface area contributed by atoms with E-state index in [1.165, 1.54) is 0 Å². The molecule has 2 unspecified atom stereocenters. The molecule has 1 aromatic rings. The largest absolute Gasteiger partial charge is 0.480 e. The summed E-state index contributed by atoms with van der Waals surface area (Å²) in [6.45, 7) is 0. The van der Waals surface area contributed by atoms with Gasteiger partial charge in [0.05, 0.1) is 0 Å². The van der Waals surface area contributed by atoms with E-state index in [0.717, 1.165) is 11.8 Å². The van der Waals surface area contributed by atoms with E-state index in [9.17, 15) is 9.59 Å². The van der Waals surface area contributed by atoms with Crippen LogP contribution in [0.15, 0.2) is 30.3 Å². The summed E-state index contributed by atoms with van der Waals surface area (Å²) in [6, 6.07) is 8.42. The maximum absolute atomic E-state index is 12.0. The molecule has 0 heterocycles. The first-order chi connectivity index (χ1) is 8.57. The van der Waals surface area contributed by atoms with Crippen molar-refractivity contribution in [3.8, 4) is 0 Å². The summed E-state index contributed by atoms with van der Waals surface area (Å²) in [6.07, 6.45) is 0. The third kappa shape index (κ3) is 4.19. The standard InChI is InChI=1S/C12H12Cl2O3S/c13-6-7-18-11(12(16)17)9(14)10(15)8-4-2-1-3-5-8/h1-5,9,11H,6-7H2,(H,16,17). The molecular weight excluding hydrogens is 295 g/mol. The molecule has 0 spiro atoms. The number of ketones is 1. The number of alkyl halides is 2. The molecule has 0 amide bonds. The van der Waals surface area contributed by atoms with Crippen LogP contribution in [0.25, 0.3) is 0 Å². The molecule has 0 aliphatic heterocycles. The Labute approximate surface area is 119 Å². The third-order valence-electron chi connectivity index (χ3n) is 2.19. The van der Waals surface area contributed by atoms with Gasteiger partial charge in [-0.3, -0.25) is 9.59 Å². The molecule has 0 saturated carbocycles. The zero-order valence-corrected chi connectivity index (χ0v) is 11.7. The Kier molecular flexibility index (Phi) is 6.54. The van der Waals surface area contributed by atoms with Gasteiger partial charge in [0, 0.05) is 17.2 Å². The Balaban J connectivity index is 2.80. The number of hydrogen-bond acceptors (Lipinski definition) is 3. The highest BCUT2D eigenvalue weighted by Crippen LogP contribution is 2.23. The second kappa shape index (κ2) is 7.67. The number of thioether (sulfide) groups is 1. The van der Waals surface area contributed by atoms with E-state index in [1.807, 2.05) is 0 Å². The van der Waals surface area contributed by atoms with Crippen LogP contribution in [0, 0.1) is 0 Å². The molecule has 2 atom stereocenters. The number of Topliss-reactive ketones (excluding diaryl/α,β-unsaturated/α-hetero) is 1. The number of carbonyl (C=O) groups is 2. The number of benzene rings is 1. The second-order valence-electron chi connectivity index (χ2n) is 3.45. The molecule has 0 aromatic heterocycles. The Morgan fingerprint density at radius 3 is 2.39 bits per heavy atom. The Bertz CT molecular complexity index is 411. The summed E-state index contributed by atoms with van der Waals surface area (Å²) in [5.41, 5.74) is 0.412. The molecule has 0 saturated heterocycles. The van der Waals surface area contributed by atoms with E-state index in [2.05, 4.69) is 0 Å². The monoisotopic (exact) mass is 306 g/mol. The van der Waals surface area contributed by atoms with Crippen molar-refractivity contribution in [3.63, 3.8) is 0 Å². The van der Waals surface area contributed by atoms with Gasteiger partial charge in [-0.25, -0.2) is 0 Å². The van der Waals surface area contributed by atoms with Crippen LogP contribution in [0.1, 0.15) is 10.4 Å². The molecule has 1 N–H and O–H groups in total. The molecule has 0 aliphatic rings. The molecule has 3 nitrogen and oxygen atoms in total.